The lowest BCUT2D eigenvalue weighted by Crippen LogP contribution is -2.12. The maximum Gasteiger partial charge on any atom is 0.301 e. The summed E-state index contributed by atoms with van der Waals surface area (Å²) in [6.45, 7) is 1.77. The molecule has 1 aliphatic rings. The van der Waals surface area contributed by atoms with E-state index in [0.29, 0.717) is 17.7 Å². The van der Waals surface area contributed by atoms with E-state index in [2.05, 4.69) is 15.6 Å². The number of hydrogen-bond donors (Lipinski definition) is 2. The number of oxazole rings is 1. The zero-order valence-electron chi connectivity index (χ0n) is 10.2. The Kier molecular flexibility index (Phi) is 2.56. The lowest BCUT2D eigenvalue weighted by molar-refractivity contribution is -0.115. The first-order valence-electron chi connectivity index (χ1n) is 5.78. The van der Waals surface area contributed by atoms with Crippen molar-refractivity contribution in [2.75, 3.05) is 10.6 Å². The van der Waals surface area contributed by atoms with E-state index in [4.69, 9.17) is 4.42 Å². The Morgan fingerprint density at radius 2 is 2.32 bits per heavy atom. The second-order valence-electron chi connectivity index (χ2n) is 4.35. The predicted molar refractivity (Wildman–Crippen MR) is 68.0 cm³/mol. The number of nitrogens with zero attached hydrogens (tertiary/aromatic N) is 1. The SMILES string of the molecule is Cc1coc(NC(=O)c2ccc3c(c2)CC(=O)N3)n1. The number of aryl methyl sites for hydroxylation is 1. The molecule has 2 N–H and O–H groups in total. The third-order valence-electron chi connectivity index (χ3n) is 2.83. The zero-order valence-corrected chi connectivity index (χ0v) is 10.2. The minimum absolute atomic E-state index is 0.0594. The molecule has 0 atom stereocenters. The number of rotatable bonds is 2. The number of carbonyl (C=O) groups is 2. The molecule has 1 aromatic carbocycles. The largest absolute Gasteiger partial charge is 0.432 e. The van der Waals surface area contributed by atoms with Crippen molar-refractivity contribution in [1.29, 1.82) is 0 Å². The maximum atomic E-state index is 12.0. The van der Waals surface area contributed by atoms with Crippen molar-refractivity contribution in [3.05, 3.63) is 41.3 Å². The Balaban J connectivity index is 1.81. The van der Waals surface area contributed by atoms with E-state index >= 15 is 0 Å². The molecule has 0 bridgehead atoms. The minimum atomic E-state index is -0.316. The number of anilines is 2. The Morgan fingerprint density at radius 3 is 3.05 bits per heavy atom. The molecule has 3 rings (SSSR count). The summed E-state index contributed by atoms with van der Waals surface area (Å²) in [6, 6.07) is 5.22. The lowest BCUT2D eigenvalue weighted by atomic mass is 10.1. The molecule has 6 nitrogen and oxygen atoms in total. The van der Waals surface area contributed by atoms with Gasteiger partial charge in [0.1, 0.15) is 6.26 Å². The van der Waals surface area contributed by atoms with Crippen LogP contribution in [0.3, 0.4) is 0 Å². The van der Waals surface area contributed by atoms with E-state index in [9.17, 15) is 9.59 Å². The first-order chi connectivity index (χ1) is 9.11. The van der Waals surface area contributed by atoms with E-state index in [1.165, 1.54) is 6.26 Å². The van der Waals surface area contributed by atoms with Gasteiger partial charge < -0.3 is 9.73 Å². The van der Waals surface area contributed by atoms with Gasteiger partial charge in [-0.25, -0.2) is 0 Å². The average Bonchev–Trinajstić information content (AvgIpc) is 2.93. The van der Waals surface area contributed by atoms with Crippen molar-refractivity contribution in [2.24, 2.45) is 0 Å². The molecule has 2 amide bonds. The van der Waals surface area contributed by atoms with Crippen molar-refractivity contribution >= 4 is 23.5 Å². The minimum Gasteiger partial charge on any atom is -0.432 e. The number of carbonyl (C=O) groups excluding carboxylic acids is 2. The number of amides is 2. The summed E-state index contributed by atoms with van der Waals surface area (Å²) in [6.07, 6.45) is 1.76. The molecule has 2 heterocycles. The second-order valence-corrected chi connectivity index (χ2v) is 4.35. The molecular weight excluding hydrogens is 246 g/mol. The molecule has 0 spiro atoms. The highest BCUT2D eigenvalue weighted by Crippen LogP contribution is 2.24. The van der Waals surface area contributed by atoms with Crippen LogP contribution in [-0.2, 0) is 11.2 Å². The highest BCUT2D eigenvalue weighted by atomic mass is 16.4. The van der Waals surface area contributed by atoms with Gasteiger partial charge >= 0.3 is 6.01 Å². The molecule has 2 aromatic rings. The van der Waals surface area contributed by atoms with Gasteiger partial charge in [-0.15, -0.1) is 0 Å². The highest BCUT2D eigenvalue weighted by molar-refractivity contribution is 6.05. The van der Waals surface area contributed by atoms with Crippen LogP contribution >= 0.6 is 0 Å². The number of benzene rings is 1. The van der Waals surface area contributed by atoms with Gasteiger partial charge in [0.15, 0.2) is 0 Å². The van der Waals surface area contributed by atoms with Gasteiger partial charge in [0.05, 0.1) is 12.1 Å². The maximum absolute atomic E-state index is 12.0. The van der Waals surface area contributed by atoms with E-state index in [0.717, 1.165) is 11.3 Å². The second kappa shape index (κ2) is 4.24. The van der Waals surface area contributed by atoms with E-state index < -0.39 is 0 Å². The van der Waals surface area contributed by atoms with Crippen LogP contribution in [-0.4, -0.2) is 16.8 Å². The highest BCUT2D eigenvalue weighted by Gasteiger charge is 2.19. The summed E-state index contributed by atoms with van der Waals surface area (Å²) in [5.74, 6) is -0.375. The number of nitrogens with one attached hydrogen (secondary N) is 2. The van der Waals surface area contributed by atoms with Gasteiger partial charge in [-0.1, -0.05) is 0 Å². The molecule has 0 saturated heterocycles. The number of fused-ring (bicyclic) bond motifs is 1. The first kappa shape index (κ1) is 11.5. The van der Waals surface area contributed by atoms with Crippen LogP contribution in [0, 0.1) is 6.92 Å². The summed E-state index contributed by atoms with van der Waals surface area (Å²) in [7, 11) is 0. The summed E-state index contributed by atoms with van der Waals surface area (Å²) < 4.78 is 5.06. The van der Waals surface area contributed by atoms with E-state index in [1.807, 2.05) is 0 Å². The zero-order chi connectivity index (χ0) is 13.4. The number of aromatic nitrogens is 1. The Hall–Kier alpha value is -2.63. The van der Waals surface area contributed by atoms with Gasteiger partial charge in [-0.05, 0) is 30.7 Å². The standard InChI is InChI=1S/C13H11N3O3/c1-7-6-19-13(14-7)16-12(18)8-2-3-10-9(4-8)5-11(17)15-10/h2-4,6H,5H2,1H3,(H,15,17)(H,14,16,18). The molecule has 1 aliphatic heterocycles. The van der Waals surface area contributed by atoms with E-state index in [-0.39, 0.29) is 17.8 Å². The van der Waals surface area contributed by atoms with Crippen molar-refractivity contribution in [1.82, 2.24) is 4.98 Å². The Labute approximate surface area is 108 Å². The van der Waals surface area contributed by atoms with Crippen LogP contribution < -0.4 is 10.6 Å². The molecule has 0 fully saturated rings. The van der Waals surface area contributed by atoms with E-state index in [1.54, 1.807) is 25.1 Å². The van der Waals surface area contributed by atoms with Crippen molar-refractivity contribution < 1.29 is 14.0 Å². The number of hydrogen-bond acceptors (Lipinski definition) is 4. The molecule has 0 unspecified atom stereocenters. The summed E-state index contributed by atoms with van der Waals surface area (Å²) >= 11 is 0. The van der Waals surface area contributed by atoms with Gasteiger partial charge in [0, 0.05) is 11.3 Å². The Bertz CT molecular complexity index is 676. The van der Waals surface area contributed by atoms with Gasteiger partial charge in [0.2, 0.25) is 5.91 Å². The summed E-state index contributed by atoms with van der Waals surface area (Å²) in [5, 5.41) is 5.27. The summed E-state index contributed by atoms with van der Waals surface area (Å²) in [4.78, 5) is 27.2. The molecule has 1 aromatic heterocycles. The van der Waals surface area contributed by atoms with Crippen LogP contribution in [0.25, 0.3) is 0 Å². The predicted octanol–water partition coefficient (Wildman–Crippen LogP) is 1.73. The smallest absolute Gasteiger partial charge is 0.301 e. The quantitative estimate of drug-likeness (QED) is 0.858. The van der Waals surface area contributed by atoms with Crippen LogP contribution in [0.4, 0.5) is 11.7 Å². The molecule has 0 saturated carbocycles. The van der Waals surface area contributed by atoms with Crippen LogP contribution in [0.15, 0.2) is 28.9 Å². The molecule has 6 heteroatoms. The fraction of sp³-hybridized carbons (Fsp3) is 0.154. The fourth-order valence-corrected chi connectivity index (χ4v) is 1.95. The Morgan fingerprint density at radius 1 is 1.47 bits per heavy atom. The molecule has 96 valence electrons. The molecule has 0 radical (unpaired) electrons. The topological polar surface area (TPSA) is 84.2 Å². The van der Waals surface area contributed by atoms with Crippen LogP contribution in [0.2, 0.25) is 0 Å². The third-order valence-corrected chi connectivity index (χ3v) is 2.83. The molecule has 19 heavy (non-hydrogen) atoms. The van der Waals surface area contributed by atoms with Crippen molar-refractivity contribution in [3.63, 3.8) is 0 Å². The van der Waals surface area contributed by atoms with Crippen LogP contribution in [0.5, 0.6) is 0 Å². The molecule has 0 aliphatic carbocycles. The van der Waals surface area contributed by atoms with Gasteiger partial charge in [-0.2, -0.15) is 4.98 Å². The normalized spacial score (nSPS) is 13.0. The van der Waals surface area contributed by atoms with Gasteiger partial charge in [0.25, 0.3) is 5.91 Å². The van der Waals surface area contributed by atoms with Crippen molar-refractivity contribution in [2.45, 2.75) is 13.3 Å². The lowest BCUT2D eigenvalue weighted by Gasteiger charge is -2.03. The third kappa shape index (κ3) is 2.20. The van der Waals surface area contributed by atoms with Gasteiger partial charge in [-0.3, -0.25) is 14.9 Å². The fourth-order valence-electron chi connectivity index (χ4n) is 1.95. The summed E-state index contributed by atoms with van der Waals surface area (Å²) in [5.41, 5.74) is 2.74. The van der Waals surface area contributed by atoms with Crippen molar-refractivity contribution in [3.8, 4) is 0 Å². The molecular formula is C13H11N3O3. The monoisotopic (exact) mass is 257 g/mol. The van der Waals surface area contributed by atoms with Crippen LogP contribution in [0.1, 0.15) is 21.6 Å². The average molecular weight is 257 g/mol. The first-order valence-corrected chi connectivity index (χ1v) is 5.78.